The SMILES string of the molecule is Cl.NCCC(F)(F)CCCOCCc1ccccc1. The fourth-order valence-electron chi connectivity index (χ4n) is 1.71. The fourth-order valence-corrected chi connectivity index (χ4v) is 1.71. The molecular weight excluding hydrogens is 272 g/mol. The highest BCUT2D eigenvalue weighted by atomic mass is 35.5. The Morgan fingerprint density at radius 3 is 2.37 bits per heavy atom. The molecule has 0 aliphatic carbocycles. The topological polar surface area (TPSA) is 35.2 Å². The van der Waals surface area contributed by atoms with Crippen molar-refractivity contribution in [2.45, 2.75) is 31.6 Å². The molecule has 0 bridgehead atoms. The maximum absolute atomic E-state index is 13.1. The van der Waals surface area contributed by atoms with E-state index in [-0.39, 0.29) is 31.8 Å². The molecule has 0 aliphatic heterocycles. The summed E-state index contributed by atoms with van der Waals surface area (Å²) in [5.41, 5.74) is 6.32. The normalized spacial score (nSPS) is 11.1. The summed E-state index contributed by atoms with van der Waals surface area (Å²) in [6.07, 6.45) is 0.814. The highest BCUT2D eigenvalue weighted by molar-refractivity contribution is 5.85. The molecule has 2 nitrogen and oxygen atoms in total. The van der Waals surface area contributed by atoms with Crippen LogP contribution in [0, 0.1) is 0 Å². The number of alkyl halides is 2. The van der Waals surface area contributed by atoms with Gasteiger partial charge in [0.25, 0.3) is 0 Å². The number of hydrogen-bond acceptors (Lipinski definition) is 2. The number of nitrogens with two attached hydrogens (primary N) is 1. The molecule has 5 heteroatoms. The summed E-state index contributed by atoms with van der Waals surface area (Å²) in [4.78, 5) is 0. The van der Waals surface area contributed by atoms with E-state index in [1.54, 1.807) is 0 Å². The van der Waals surface area contributed by atoms with E-state index in [2.05, 4.69) is 0 Å². The summed E-state index contributed by atoms with van der Waals surface area (Å²) < 4.78 is 31.5. The third-order valence-corrected chi connectivity index (χ3v) is 2.72. The van der Waals surface area contributed by atoms with Crippen molar-refractivity contribution in [2.24, 2.45) is 5.73 Å². The molecule has 1 aromatic carbocycles. The van der Waals surface area contributed by atoms with Gasteiger partial charge in [-0.3, -0.25) is 0 Å². The second-order valence-corrected chi connectivity index (χ2v) is 4.35. The van der Waals surface area contributed by atoms with Crippen LogP contribution in [0.15, 0.2) is 30.3 Å². The van der Waals surface area contributed by atoms with Crippen LogP contribution in [0.1, 0.15) is 24.8 Å². The molecule has 110 valence electrons. The molecule has 0 aromatic heterocycles. The molecule has 0 radical (unpaired) electrons. The van der Waals surface area contributed by atoms with E-state index in [0.717, 1.165) is 6.42 Å². The zero-order valence-electron chi connectivity index (χ0n) is 11.0. The minimum absolute atomic E-state index is 0. The van der Waals surface area contributed by atoms with Crippen LogP contribution in [-0.4, -0.2) is 25.7 Å². The molecule has 0 atom stereocenters. The second-order valence-electron chi connectivity index (χ2n) is 4.35. The summed E-state index contributed by atoms with van der Waals surface area (Å²) in [6, 6.07) is 9.97. The number of hydrogen-bond donors (Lipinski definition) is 1. The third-order valence-electron chi connectivity index (χ3n) is 2.72. The van der Waals surface area contributed by atoms with Crippen LogP contribution in [0.5, 0.6) is 0 Å². The summed E-state index contributed by atoms with van der Waals surface area (Å²) >= 11 is 0. The van der Waals surface area contributed by atoms with Crippen molar-refractivity contribution in [1.29, 1.82) is 0 Å². The number of benzene rings is 1. The highest BCUT2D eigenvalue weighted by Gasteiger charge is 2.26. The lowest BCUT2D eigenvalue weighted by molar-refractivity contribution is -0.0222. The predicted molar refractivity (Wildman–Crippen MR) is 76.1 cm³/mol. The first-order valence-electron chi connectivity index (χ1n) is 6.33. The van der Waals surface area contributed by atoms with Gasteiger partial charge in [-0.25, -0.2) is 8.78 Å². The maximum atomic E-state index is 13.1. The molecule has 2 N–H and O–H groups in total. The third kappa shape index (κ3) is 8.92. The lowest BCUT2D eigenvalue weighted by atomic mass is 10.1. The van der Waals surface area contributed by atoms with Crippen LogP contribution in [0.2, 0.25) is 0 Å². The van der Waals surface area contributed by atoms with Crippen LogP contribution >= 0.6 is 12.4 Å². The molecular formula is C14H22ClF2NO. The molecule has 0 aliphatic rings. The van der Waals surface area contributed by atoms with Crippen molar-refractivity contribution < 1.29 is 13.5 Å². The van der Waals surface area contributed by atoms with Crippen molar-refractivity contribution in [3.8, 4) is 0 Å². The molecule has 0 spiro atoms. The second kappa shape index (κ2) is 10.1. The van der Waals surface area contributed by atoms with Gasteiger partial charge in [0.2, 0.25) is 5.92 Å². The standard InChI is InChI=1S/C14H21F2NO.ClH/c15-14(16,9-10-17)8-4-11-18-12-7-13-5-2-1-3-6-13;/h1-3,5-6H,4,7-12,17H2;1H. The molecule has 0 fully saturated rings. The van der Waals surface area contributed by atoms with Crippen molar-refractivity contribution in [3.63, 3.8) is 0 Å². The first-order valence-corrected chi connectivity index (χ1v) is 6.33. The Labute approximate surface area is 119 Å². The minimum atomic E-state index is -2.64. The van der Waals surface area contributed by atoms with Crippen molar-refractivity contribution in [3.05, 3.63) is 35.9 Å². The molecule has 1 aromatic rings. The molecule has 1 rings (SSSR count). The lowest BCUT2D eigenvalue weighted by Gasteiger charge is -2.14. The molecule has 0 unspecified atom stereocenters. The van der Waals surface area contributed by atoms with Crippen LogP contribution < -0.4 is 5.73 Å². The summed E-state index contributed by atoms with van der Waals surface area (Å²) in [5.74, 6) is -2.64. The smallest absolute Gasteiger partial charge is 0.249 e. The average molecular weight is 294 g/mol. The van der Waals surface area contributed by atoms with Gasteiger partial charge in [-0.15, -0.1) is 12.4 Å². The molecule has 0 amide bonds. The highest BCUT2D eigenvalue weighted by Crippen LogP contribution is 2.23. The van der Waals surface area contributed by atoms with Gasteiger partial charge in [-0.05, 0) is 24.9 Å². The maximum Gasteiger partial charge on any atom is 0.249 e. The van der Waals surface area contributed by atoms with Crippen LogP contribution in [0.3, 0.4) is 0 Å². The van der Waals surface area contributed by atoms with Gasteiger partial charge < -0.3 is 10.5 Å². The van der Waals surface area contributed by atoms with E-state index >= 15 is 0 Å². The monoisotopic (exact) mass is 293 g/mol. The predicted octanol–water partition coefficient (Wildman–Crippen LogP) is 3.43. The largest absolute Gasteiger partial charge is 0.381 e. The fraction of sp³-hybridized carbons (Fsp3) is 0.571. The van der Waals surface area contributed by atoms with Gasteiger partial charge in [0.05, 0.1) is 6.61 Å². The van der Waals surface area contributed by atoms with Gasteiger partial charge >= 0.3 is 0 Å². The summed E-state index contributed by atoms with van der Waals surface area (Å²) in [5, 5.41) is 0. The van der Waals surface area contributed by atoms with E-state index < -0.39 is 5.92 Å². The van der Waals surface area contributed by atoms with Crippen LogP contribution in [0.4, 0.5) is 8.78 Å². The number of halogens is 3. The molecule has 0 saturated carbocycles. The Kier molecular flexibility index (Phi) is 9.74. The Balaban J connectivity index is 0.00000324. The Morgan fingerprint density at radius 1 is 1.05 bits per heavy atom. The number of rotatable bonds is 9. The summed E-state index contributed by atoms with van der Waals surface area (Å²) in [6.45, 7) is 0.987. The average Bonchev–Trinajstić information content (AvgIpc) is 2.35. The first-order chi connectivity index (χ1) is 8.64. The van der Waals surface area contributed by atoms with E-state index in [1.165, 1.54) is 5.56 Å². The molecule has 0 heterocycles. The van der Waals surface area contributed by atoms with Gasteiger partial charge in [0, 0.05) is 19.4 Å². The first kappa shape index (κ1) is 18.3. The van der Waals surface area contributed by atoms with E-state index in [0.29, 0.717) is 19.6 Å². The quantitative estimate of drug-likeness (QED) is 0.708. The Hall–Kier alpha value is -0.710. The van der Waals surface area contributed by atoms with Crippen molar-refractivity contribution >= 4 is 12.4 Å². The van der Waals surface area contributed by atoms with E-state index in [4.69, 9.17) is 10.5 Å². The van der Waals surface area contributed by atoms with Crippen molar-refractivity contribution in [1.82, 2.24) is 0 Å². The molecule has 0 saturated heterocycles. The van der Waals surface area contributed by atoms with Gasteiger partial charge in [-0.1, -0.05) is 30.3 Å². The Morgan fingerprint density at radius 2 is 1.74 bits per heavy atom. The zero-order chi connectivity index (χ0) is 13.3. The van der Waals surface area contributed by atoms with Crippen molar-refractivity contribution in [2.75, 3.05) is 19.8 Å². The van der Waals surface area contributed by atoms with Crippen LogP contribution in [-0.2, 0) is 11.2 Å². The Bertz CT molecular complexity index is 322. The zero-order valence-corrected chi connectivity index (χ0v) is 11.8. The van der Waals surface area contributed by atoms with E-state index in [1.807, 2.05) is 30.3 Å². The molecule has 19 heavy (non-hydrogen) atoms. The minimum Gasteiger partial charge on any atom is -0.381 e. The van der Waals surface area contributed by atoms with Crippen LogP contribution in [0.25, 0.3) is 0 Å². The van der Waals surface area contributed by atoms with Gasteiger partial charge in [-0.2, -0.15) is 0 Å². The van der Waals surface area contributed by atoms with Gasteiger partial charge in [0.1, 0.15) is 0 Å². The van der Waals surface area contributed by atoms with Gasteiger partial charge in [0.15, 0.2) is 0 Å². The lowest BCUT2D eigenvalue weighted by Crippen LogP contribution is -2.21. The number of ether oxygens (including phenoxy) is 1. The summed E-state index contributed by atoms with van der Waals surface area (Å²) in [7, 11) is 0. The van der Waals surface area contributed by atoms with E-state index in [9.17, 15) is 8.78 Å².